The highest BCUT2D eigenvalue weighted by Gasteiger charge is 2.26. The topological polar surface area (TPSA) is 270 Å². The van der Waals surface area contributed by atoms with Gasteiger partial charge in [0, 0.05) is 42.7 Å². The SMILES string of the molecule is CCC(=O)Nc1cc(/N=N/c2cc(OCCOC)c([N+](=O)[O-])cc2S(C)(=O)=O)c2c(NS(=O)(=O)c3cccc(S(=O)(=O)O)c3)cccc2c1O. The Morgan fingerprint density at radius 1 is 0.920 bits per heavy atom. The second-order valence-corrected chi connectivity index (χ2v) is 15.4. The summed E-state index contributed by atoms with van der Waals surface area (Å²) in [5.74, 6) is -1.39. The number of phenolic OH excluding ortho intramolecular Hbond substituents is 1. The van der Waals surface area contributed by atoms with Gasteiger partial charge < -0.3 is 19.9 Å². The molecule has 0 fully saturated rings. The first-order chi connectivity index (χ1) is 23.4. The molecule has 0 heterocycles. The fourth-order valence-electron chi connectivity index (χ4n) is 4.47. The van der Waals surface area contributed by atoms with Crippen LogP contribution < -0.4 is 14.8 Å². The van der Waals surface area contributed by atoms with E-state index < -0.39 is 72.6 Å². The van der Waals surface area contributed by atoms with Gasteiger partial charge in [0.25, 0.3) is 20.1 Å². The fraction of sp³-hybridized carbons (Fsp3) is 0.207. The minimum atomic E-state index is -4.77. The van der Waals surface area contributed by atoms with E-state index in [1.54, 1.807) is 6.92 Å². The molecule has 18 nitrogen and oxygen atoms in total. The molecule has 4 aromatic carbocycles. The van der Waals surface area contributed by atoms with Crippen molar-refractivity contribution in [2.75, 3.05) is 36.6 Å². The number of sulfone groups is 1. The number of aromatic hydroxyl groups is 1. The number of fused-ring (bicyclic) bond motifs is 1. The number of phenols is 1. The van der Waals surface area contributed by atoms with Crippen LogP contribution in [0.15, 0.2) is 85.6 Å². The molecule has 0 atom stereocenters. The molecule has 21 heteroatoms. The number of rotatable bonds is 14. The second-order valence-electron chi connectivity index (χ2n) is 10.3. The highest BCUT2D eigenvalue weighted by atomic mass is 32.2. The third kappa shape index (κ3) is 8.49. The van der Waals surface area contributed by atoms with Crippen LogP contribution in [0, 0.1) is 10.1 Å². The first-order valence-electron chi connectivity index (χ1n) is 14.1. The van der Waals surface area contributed by atoms with E-state index in [1.807, 2.05) is 0 Å². The molecule has 4 rings (SSSR count). The number of benzene rings is 4. The Balaban J connectivity index is 1.98. The standard InChI is InChI=1S/C29H29N5O13S3/c1-4-27(35)30-23-14-22(32-31-21-15-25(47-12-11-46-2)24(34(37)38)16-26(21)48(3,39)40)28-19(29(23)36)9-6-10-20(28)33-49(41,42)17-7-5-8-18(13-17)50(43,44)45/h5-10,13-16,33,36H,4,11-12H2,1-3H3,(H,30,35)(H,43,44,45)/b32-31+. The van der Waals surface area contributed by atoms with Crippen molar-refractivity contribution in [2.24, 2.45) is 10.2 Å². The summed E-state index contributed by atoms with van der Waals surface area (Å²) in [4.78, 5) is 21.3. The fourth-order valence-corrected chi connectivity index (χ4v) is 6.99. The van der Waals surface area contributed by atoms with Crippen molar-refractivity contribution in [1.29, 1.82) is 0 Å². The maximum absolute atomic E-state index is 13.4. The number of nitrogens with zero attached hydrogens (tertiary/aromatic N) is 3. The smallest absolute Gasteiger partial charge is 0.312 e. The summed E-state index contributed by atoms with van der Waals surface area (Å²) in [7, 11) is -12.2. The summed E-state index contributed by atoms with van der Waals surface area (Å²) in [5.41, 5.74) is -1.72. The minimum absolute atomic E-state index is 0.00313. The van der Waals surface area contributed by atoms with Crippen LogP contribution in [0.5, 0.6) is 11.5 Å². The molecule has 0 radical (unpaired) electrons. The van der Waals surface area contributed by atoms with E-state index in [0.717, 1.165) is 42.7 Å². The number of carbonyl (C=O) groups is 1. The van der Waals surface area contributed by atoms with Crippen LogP contribution in [0.3, 0.4) is 0 Å². The molecule has 0 aromatic heterocycles. The van der Waals surface area contributed by atoms with E-state index in [9.17, 15) is 49.8 Å². The number of methoxy groups -OCH3 is 1. The van der Waals surface area contributed by atoms with Crippen LogP contribution in [0.25, 0.3) is 10.8 Å². The lowest BCUT2D eigenvalue weighted by atomic mass is 10.0. The van der Waals surface area contributed by atoms with Crippen LogP contribution in [0.1, 0.15) is 13.3 Å². The Morgan fingerprint density at radius 3 is 2.20 bits per heavy atom. The molecular weight excluding hydrogens is 723 g/mol. The summed E-state index contributed by atoms with van der Waals surface area (Å²) >= 11 is 0. The monoisotopic (exact) mass is 751 g/mol. The third-order valence-electron chi connectivity index (χ3n) is 6.81. The van der Waals surface area contributed by atoms with Crippen LogP contribution in [0.4, 0.5) is 28.4 Å². The van der Waals surface area contributed by atoms with Gasteiger partial charge in [-0.05, 0) is 30.3 Å². The first-order valence-corrected chi connectivity index (χ1v) is 18.9. The lowest BCUT2D eigenvalue weighted by Crippen LogP contribution is -2.14. The summed E-state index contributed by atoms with van der Waals surface area (Å²) in [5, 5.41) is 33.4. The molecular formula is C29H29N5O13S3. The number of hydrogen-bond donors (Lipinski definition) is 4. The predicted octanol–water partition coefficient (Wildman–Crippen LogP) is 4.69. The molecule has 0 saturated carbocycles. The van der Waals surface area contributed by atoms with Crippen molar-refractivity contribution >= 4 is 75.1 Å². The number of sulfonamides is 1. The van der Waals surface area contributed by atoms with Crippen molar-refractivity contribution in [3.05, 3.63) is 70.8 Å². The quantitative estimate of drug-likeness (QED) is 0.0340. The van der Waals surface area contributed by atoms with Gasteiger partial charge in [0.2, 0.25) is 5.91 Å². The molecule has 266 valence electrons. The highest BCUT2D eigenvalue weighted by Crippen LogP contribution is 2.45. The Labute approximate surface area is 285 Å². The number of amides is 1. The van der Waals surface area contributed by atoms with E-state index in [-0.39, 0.29) is 53.2 Å². The van der Waals surface area contributed by atoms with Gasteiger partial charge in [0.1, 0.15) is 22.9 Å². The lowest BCUT2D eigenvalue weighted by molar-refractivity contribution is -0.386. The number of nitro groups is 1. The van der Waals surface area contributed by atoms with Crippen molar-refractivity contribution in [3.8, 4) is 11.5 Å². The number of ether oxygens (including phenoxy) is 2. The van der Waals surface area contributed by atoms with Crippen LogP contribution >= 0.6 is 0 Å². The van der Waals surface area contributed by atoms with Crippen molar-refractivity contribution in [2.45, 2.75) is 28.0 Å². The van der Waals surface area contributed by atoms with Crippen molar-refractivity contribution in [1.82, 2.24) is 0 Å². The lowest BCUT2D eigenvalue weighted by Gasteiger charge is -2.16. The average Bonchev–Trinajstić information content (AvgIpc) is 3.04. The highest BCUT2D eigenvalue weighted by molar-refractivity contribution is 7.92. The molecule has 4 aromatic rings. The normalized spacial score (nSPS) is 12.2. The molecule has 0 bridgehead atoms. The van der Waals surface area contributed by atoms with E-state index in [4.69, 9.17) is 9.47 Å². The van der Waals surface area contributed by atoms with Gasteiger partial charge >= 0.3 is 5.69 Å². The Bertz CT molecular complexity index is 2360. The minimum Gasteiger partial charge on any atom is -0.505 e. The Kier molecular flexibility index (Phi) is 11.1. The number of hydrogen-bond acceptors (Lipinski definition) is 14. The van der Waals surface area contributed by atoms with Gasteiger partial charge in [-0.15, -0.1) is 10.2 Å². The third-order valence-corrected chi connectivity index (χ3v) is 10.2. The van der Waals surface area contributed by atoms with E-state index >= 15 is 0 Å². The number of anilines is 2. The zero-order valence-electron chi connectivity index (χ0n) is 26.3. The molecule has 0 aliphatic heterocycles. The Morgan fingerprint density at radius 2 is 1.58 bits per heavy atom. The molecule has 0 aliphatic carbocycles. The molecule has 0 unspecified atom stereocenters. The van der Waals surface area contributed by atoms with Gasteiger partial charge in [0.15, 0.2) is 15.6 Å². The zero-order valence-corrected chi connectivity index (χ0v) is 28.8. The number of nitro benzene ring substituents is 1. The summed E-state index contributed by atoms with van der Waals surface area (Å²) in [6.45, 7) is 1.43. The van der Waals surface area contributed by atoms with Crippen molar-refractivity contribution < 1.29 is 54.1 Å². The van der Waals surface area contributed by atoms with Crippen LogP contribution in [0.2, 0.25) is 0 Å². The van der Waals surface area contributed by atoms with Gasteiger partial charge in [-0.3, -0.25) is 24.2 Å². The van der Waals surface area contributed by atoms with Crippen molar-refractivity contribution in [3.63, 3.8) is 0 Å². The zero-order chi connectivity index (χ0) is 37.0. The number of nitrogens with one attached hydrogen (secondary N) is 2. The second kappa shape index (κ2) is 14.7. The molecule has 0 aliphatic rings. The molecule has 4 N–H and O–H groups in total. The molecule has 0 saturated heterocycles. The predicted molar refractivity (Wildman–Crippen MR) is 179 cm³/mol. The number of carbonyl (C=O) groups excluding carboxylic acids is 1. The van der Waals surface area contributed by atoms with Crippen LogP contribution in [-0.2, 0) is 39.5 Å². The molecule has 0 spiro atoms. The summed E-state index contributed by atoms with van der Waals surface area (Å²) < 4.78 is 97.6. The maximum atomic E-state index is 13.4. The van der Waals surface area contributed by atoms with Crippen LogP contribution in [-0.4, -0.2) is 72.3 Å². The van der Waals surface area contributed by atoms with E-state index in [0.29, 0.717) is 6.07 Å². The summed E-state index contributed by atoms with van der Waals surface area (Å²) in [6, 6.07) is 10.7. The largest absolute Gasteiger partial charge is 0.505 e. The van der Waals surface area contributed by atoms with E-state index in [2.05, 4.69) is 20.3 Å². The molecule has 1 amide bonds. The maximum Gasteiger partial charge on any atom is 0.312 e. The van der Waals surface area contributed by atoms with E-state index in [1.165, 1.54) is 25.3 Å². The van der Waals surface area contributed by atoms with Gasteiger partial charge in [-0.1, -0.05) is 25.1 Å². The summed E-state index contributed by atoms with van der Waals surface area (Å²) in [6.07, 6.45) is 0.790. The molecule has 50 heavy (non-hydrogen) atoms. The van der Waals surface area contributed by atoms with Gasteiger partial charge in [-0.25, -0.2) is 16.8 Å². The first kappa shape index (κ1) is 37.6. The average molecular weight is 752 g/mol. The van der Waals surface area contributed by atoms with Gasteiger partial charge in [0.05, 0.1) is 38.4 Å². The van der Waals surface area contributed by atoms with Gasteiger partial charge in [-0.2, -0.15) is 8.42 Å². The number of azo groups is 1. The Hall–Kier alpha value is -5.22.